The zero-order valence-corrected chi connectivity index (χ0v) is 10.5. The summed E-state index contributed by atoms with van der Waals surface area (Å²) in [6.45, 7) is 3.09. The van der Waals surface area contributed by atoms with Crippen LogP contribution in [0.4, 0.5) is 13.2 Å². The lowest BCUT2D eigenvalue weighted by atomic mass is 10.2. The van der Waals surface area contributed by atoms with Gasteiger partial charge in [0.1, 0.15) is 11.3 Å². The van der Waals surface area contributed by atoms with Crippen molar-refractivity contribution in [3.8, 4) is 11.6 Å². The van der Waals surface area contributed by atoms with Crippen molar-refractivity contribution in [2.45, 2.75) is 20.2 Å². The molecule has 1 rings (SSSR count). The Morgan fingerprint density at radius 3 is 2.53 bits per heavy atom. The summed E-state index contributed by atoms with van der Waals surface area (Å²) in [5.74, 6) is -1.51. The van der Waals surface area contributed by atoms with Gasteiger partial charge in [-0.3, -0.25) is 0 Å². The molecule has 0 aliphatic carbocycles. The van der Waals surface area contributed by atoms with Crippen LogP contribution >= 0.6 is 0 Å². The van der Waals surface area contributed by atoms with Crippen molar-refractivity contribution in [2.24, 2.45) is 0 Å². The molecule has 0 fully saturated rings. The molecular weight excluding hydrogens is 267 g/mol. The average Bonchev–Trinajstić information content (AvgIpc) is 2.25. The molecule has 0 unspecified atom stereocenters. The van der Waals surface area contributed by atoms with Crippen LogP contribution in [0.1, 0.15) is 23.0 Å². The highest BCUT2D eigenvalue weighted by Crippen LogP contribution is 2.29. The Morgan fingerprint density at radius 2 is 2.05 bits per heavy atom. The van der Waals surface area contributed by atoms with E-state index >= 15 is 0 Å². The number of aromatic nitrogens is 1. The number of nitrogens with zero attached hydrogens (tertiary/aromatic N) is 1. The number of carbonyl (C=O) groups excluding carboxylic acids is 1. The molecule has 8 heteroatoms. The summed E-state index contributed by atoms with van der Waals surface area (Å²) in [7, 11) is 1.22. The zero-order valence-electron chi connectivity index (χ0n) is 10.5. The number of alkyl halides is 3. The van der Waals surface area contributed by atoms with Gasteiger partial charge in [-0.25, -0.2) is 9.78 Å². The van der Waals surface area contributed by atoms with Gasteiger partial charge in [-0.05, 0) is 13.8 Å². The van der Waals surface area contributed by atoms with E-state index in [1.807, 2.05) is 0 Å². The molecule has 0 spiro atoms. The van der Waals surface area contributed by atoms with E-state index in [-0.39, 0.29) is 23.6 Å². The summed E-state index contributed by atoms with van der Waals surface area (Å²) in [5.41, 5.74) is -0.00377. The van der Waals surface area contributed by atoms with E-state index in [1.165, 1.54) is 14.0 Å². The van der Waals surface area contributed by atoms with E-state index < -0.39 is 18.2 Å². The van der Waals surface area contributed by atoms with Gasteiger partial charge in [-0.15, -0.1) is 13.2 Å². The smallest absolute Gasteiger partial charge is 0.496 e. The van der Waals surface area contributed by atoms with Gasteiger partial charge in [0.05, 0.1) is 19.4 Å². The van der Waals surface area contributed by atoms with Gasteiger partial charge in [0.2, 0.25) is 5.88 Å². The minimum absolute atomic E-state index is 0.0250. The number of hydrogen-bond acceptors (Lipinski definition) is 5. The van der Waals surface area contributed by atoms with E-state index in [0.717, 1.165) is 6.07 Å². The molecule has 0 aliphatic heterocycles. The molecule has 0 aliphatic rings. The topological polar surface area (TPSA) is 57.7 Å². The molecule has 5 nitrogen and oxygen atoms in total. The number of methoxy groups -OCH3 is 1. The maximum atomic E-state index is 12.1. The lowest BCUT2D eigenvalue weighted by molar-refractivity contribution is -0.276. The number of ether oxygens (including phenoxy) is 3. The molecule has 106 valence electrons. The Labute approximate surface area is 107 Å². The van der Waals surface area contributed by atoms with Crippen LogP contribution in [-0.4, -0.2) is 31.0 Å². The second kappa shape index (κ2) is 5.77. The molecule has 0 saturated carbocycles. The van der Waals surface area contributed by atoms with Gasteiger partial charge in [0, 0.05) is 6.07 Å². The minimum Gasteiger partial charge on any atom is -0.496 e. The Balaban J connectivity index is 3.18. The summed E-state index contributed by atoms with van der Waals surface area (Å²) in [4.78, 5) is 15.2. The fourth-order valence-electron chi connectivity index (χ4n) is 1.40. The van der Waals surface area contributed by atoms with Gasteiger partial charge in [-0.1, -0.05) is 0 Å². The van der Waals surface area contributed by atoms with Crippen LogP contribution in [0, 0.1) is 6.92 Å². The summed E-state index contributed by atoms with van der Waals surface area (Å²) in [5, 5.41) is 0. The highest BCUT2D eigenvalue weighted by molar-refractivity contribution is 5.93. The SMILES string of the molecule is CCOC(=O)c1c(OC)cc(OC(F)(F)F)nc1C. The third-order valence-electron chi connectivity index (χ3n) is 2.06. The average molecular weight is 279 g/mol. The first-order chi connectivity index (χ1) is 8.78. The van der Waals surface area contributed by atoms with Crippen LogP contribution in [0.2, 0.25) is 0 Å². The monoisotopic (exact) mass is 279 g/mol. The third kappa shape index (κ3) is 4.01. The Kier molecular flexibility index (Phi) is 4.57. The highest BCUT2D eigenvalue weighted by atomic mass is 19.4. The number of rotatable bonds is 4. The first-order valence-corrected chi connectivity index (χ1v) is 5.27. The lowest BCUT2D eigenvalue weighted by Gasteiger charge is -2.13. The molecule has 0 atom stereocenters. The van der Waals surface area contributed by atoms with E-state index in [4.69, 9.17) is 9.47 Å². The largest absolute Gasteiger partial charge is 0.574 e. The molecule has 19 heavy (non-hydrogen) atoms. The summed E-state index contributed by atoms with van der Waals surface area (Å²) < 4.78 is 49.6. The second-order valence-electron chi connectivity index (χ2n) is 3.39. The molecular formula is C11H12F3NO4. The van der Waals surface area contributed by atoms with E-state index in [9.17, 15) is 18.0 Å². The number of esters is 1. The van der Waals surface area contributed by atoms with Crippen molar-refractivity contribution < 1.29 is 32.2 Å². The van der Waals surface area contributed by atoms with Crippen molar-refractivity contribution in [1.29, 1.82) is 0 Å². The molecule has 0 amide bonds. The molecule has 1 aromatic rings. The lowest BCUT2D eigenvalue weighted by Crippen LogP contribution is -2.19. The van der Waals surface area contributed by atoms with E-state index in [0.29, 0.717) is 0 Å². The van der Waals surface area contributed by atoms with Crippen molar-refractivity contribution in [3.05, 3.63) is 17.3 Å². The van der Waals surface area contributed by atoms with Gasteiger partial charge in [0.15, 0.2) is 0 Å². The zero-order chi connectivity index (χ0) is 14.6. The number of hydrogen-bond donors (Lipinski definition) is 0. The minimum atomic E-state index is -4.87. The number of pyridine rings is 1. The maximum absolute atomic E-state index is 12.1. The molecule has 1 heterocycles. The molecule has 0 radical (unpaired) electrons. The Bertz CT molecular complexity index is 474. The van der Waals surface area contributed by atoms with Crippen LogP contribution < -0.4 is 9.47 Å². The van der Waals surface area contributed by atoms with Gasteiger partial charge in [-0.2, -0.15) is 0 Å². The second-order valence-corrected chi connectivity index (χ2v) is 3.39. The van der Waals surface area contributed by atoms with Crippen molar-refractivity contribution in [3.63, 3.8) is 0 Å². The van der Waals surface area contributed by atoms with Gasteiger partial charge >= 0.3 is 12.3 Å². The number of aryl methyl sites for hydroxylation is 1. The van der Waals surface area contributed by atoms with Gasteiger partial charge in [0.25, 0.3) is 0 Å². The maximum Gasteiger partial charge on any atom is 0.574 e. The van der Waals surface area contributed by atoms with Crippen molar-refractivity contribution in [1.82, 2.24) is 4.98 Å². The first-order valence-electron chi connectivity index (χ1n) is 5.27. The fourth-order valence-corrected chi connectivity index (χ4v) is 1.40. The molecule has 0 N–H and O–H groups in total. The van der Waals surface area contributed by atoms with Crippen molar-refractivity contribution >= 4 is 5.97 Å². The van der Waals surface area contributed by atoms with Crippen LogP contribution in [0.5, 0.6) is 11.6 Å². The summed E-state index contributed by atoms with van der Waals surface area (Å²) in [6.07, 6.45) is -4.87. The van der Waals surface area contributed by atoms with Crippen LogP contribution in [-0.2, 0) is 4.74 Å². The molecule has 0 saturated heterocycles. The van der Waals surface area contributed by atoms with Crippen molar-refractivity contribution in [2.75, 3.05) is 13.7 Å². The fraction of sp³-hybridized carbons (Fsp3) is 0.455. The highest BCUT2D eigenvalue weighted by Gasteiger charge is 2.33. The predicted molar refractivity (Wildman–Crippen MR) is 58.2 cm³/mol. The Morgan fingerprint density at radius 1 is 1.42 bits per heavy atom. The molecule has 1 aromatic heterocycles. The molecule has 0 bridgehead atoms. The summed E-state index contributed by atoms with van der Waals surface area (Å²) >= 11 is 0. The van der Waals surface area contributed by atoms with Crippen LogP contribution in [0.3, 0.4) is 0 Å². The summed E-state index contributed by atoms with van der Waals surface area (Å²) in [6, 6.07) is 0.882. The number of carbonyl (C=O) groups is 1. The van der Waals surface area contributed by atoms with E-state index in [2.05, 4.69) is 9.72 Å². The predicted octanol–water partition coefficient (Wildman–Crippen LogP) is 2.47. The Hall–Kier alpha value is -1.99. The standard InChI is InChI=1S/C11H12F3NO4/c1-4-18-10(16)9-6(2)15-8(5-7(9)17-3)19-11(12,13)14/h5H,4H2,1-3H3. The van der Waals surface area contributed by atoms with Crippen LogP contribution in [0.25, 0.3) is 0 Å². The number of halogens is 3. The first kappa shape index (κ1) is 15.1. The normalized spacial score (nSPS) is 11.1. The van der Waals surface area contributed by atoms with Crippen LogP contribution in [0.15, 0.2) is 6.07 Å². The van der Waals surface area contributed by atoms with Gasteiger partial charge < -0.3 is 14.2 Å². The third-order valence-corrected chi connectivity index (χ3v) is 2.06. The van der Waals surface area contributed by atoms with E-state index in [1.54, 1.807) is 6.92 Å². The molecule has 0 aromatic carbocycles. The quantitative estimate of drug-likeness (QED) is 0.792.